The van der Waals surface area contributed by atoms with Crippen LogP contribution in [-0.4, -0.2) is 40.7 Å². The molecule has 1 saturated heterocycles. The summed E-state index contributed by atoms with van der Waals surface area (Å²) in [4.78, 5) is 30.6. The quantitative estimate of drug-likeness (QED) is 0.519. The van der Waals surface area contributed by atoms with Crippen molar-refractivity contribution in [3.8, 4) is 0 Å². The van der Waals surface area contributed by atoms with Gasteiger partial charge in [0.25, 0.3) is 5.91 Å². The molecule has 3 aromatic carbocycles. The zero-order valence-electron chi connectivity index (χ0n) is 19.0. The molecule has 0 radical (unpaired) electrons. The fourth-order valence-corrected chi connectivity index (χ4v) is 4.60. The average molecular weight is 429 g/mol. The predicted octanol–water partition coefficient (Wildman–Crippen LogP) is 5.52. The van der Waals surface area contributed by atoms with E-state index in [1.54, 1.807) is 0 Å². The van der Waals surface area contributed by atoms with Crippen molar-refractivity contribution in [3.05, 3.63) is 83.9 Å². The number of amides is 2. The summed E-state index contributed by atoms with van der Waals surface area (Å²) in [6, 6.07) is 24.3. The molecule has 1 fully saturated rings. The number of likely N-dealkylation sites (tertiary alicyclic amines) is 1. The Kier molecular flexibility index (Phi) is 6.89. The molecule has 0 bridgehead atoms. The van der Waals surface area contributed by atoms with Crippen molar-refractivity contribution in [2.75, 3.05) is 13.1 Å². The lowest BCUT2D eigenvalue weighted by atomic mass is 9.93. The van der Waals surface area contributed by atoms with Crippen LogP contribution in [-0.2, 0) is 11.3 Å². The molecule has 1 unspecified atom stereocenters. The molecule has 0 aliphatic carbocycles. The Bertz CT molecular complexity index is 1070. The van der Waals surface area contributed by atoms with Crippen molar-refractivity contribution in [1.29, 1.82) is 0 Å². The fourth-order valence-electron chi connectivity index (χ4n) is 4.60. The van der Waals surface area contributed by atoms with E-state index in [1.165, 1.54) is 0 Å². The molecule has 0 aromatic heterocycles. The van der Waals surface area contributed by atoms with Gasteiger partial charge in [-0.3, -0.25) is 9.59 Å². The van der Waals surface area contributed by atoms with Crippen LogP contribution >= 0.6 is 0 Å². The number of hydrogen-bond donors (Lipinski definition) is 0. The first kappa shape index (κ1) is 22.1. The number of nitrogens with zero attached hydrogens (tertiary/aromatic N) is 2. The molecule has 1 aliphatic rings. The maximum absolute atomic E-state index is 13.4. The first-order chi connectivity index (χ1) is 15.6. The van der Waals surface area contributed by atoms with Crippen LogP contribution in [0.3, 0.4) is 0 Å². The lowest BCUT2D eigenvalue weighted by Gasteiger charge is -2.36. The molecule has 2 amide bonds. The summed E-state index contributed by atoms with van der Waals surface area (Å²) in [5.41, 5.74) is 1.91. The standard InChI is InChI=1S/C28H32N2O2/c1-3-21(2)30(20-22-10-5-4-6-11-22)27(31)24-16-18-29(19-17-24)28(32)26-15-9-13-23-12-7-8-14-25(23)26/h4-15,21,24H,3,16-20H2,1-2H3. The van der Waals surface area contributed by atoms with Gasteiger partial charge in [0.1, 0.15) is 0 Å². The van der Waals surface area contributed by atoms with Crippen molar-refractivity contribution >= 4 is 22.6 Å². The van der Waals surface area contributed by atoms with E-state index < -0.39 is 0 Å². The largest absolute Gasteiger partial charge is 0.339 e. The first-order valence-corrected chi connectivity index (χ1v) is 11.7. The third kappa shape index (κ3) is 4.69. The van der Waals surface area contributed by atoms with E-state index >= 15 is 0 Å². The second-order valence-corrected chi connectivity index (χ2v) is 8.80. The summed E-state index contributed by atoms with van der Waals surface area (Å²) in [7, 11) is 0. The molecule has 4 nitrogen and oxygen atoms in total. The molecule has 32 heavy (non-hydrogen) atoms. The summed E-state index contributed by atoms with van der Waals surface area (Å²) in [5.74, 6) is 0.264. The number of hydrogen-bond acceptors (Lipinski definition) is 2. The topological polar surface area (TPSA) is 40.6 Å². The van der Waals surface area contributed by atoms with Gasteiger partial charge in [-0.15, -0.1) is 0 Å². The van der Waals surface area contributed by atoms with E-state index in [2.05, 4.69) is 26.0 Å². The maximum Gasteiger partial charge on any atom is 0.254 e. The van der Waals surface area contributed by atoms with Gasteiger partial charge < -0.3 is 9.80 Å². The minimum atomic E-state index is -0.0238. The lowest BCUT2D eigenvalue weighted by molar-refractivity contribution is -0.139. The monoisotopic (exact) mass is 428 g/mol. The molecular formula is C28H32N2O2. The summed E-state index contributed by atoms with van der Waals surface area (Å²) >= 11 is 0. The van der Waals surface area contributed by atoms with E-state index in [1.807, 2.05) is 70.5 Å². The molecule has 3 aromatic rings. The van der Waals surface area contributed by atoms with Crippen LogP contribution in [0.1, 0.15) is 49.0 Å². The Labute approximate surface area is 190 Å². The fraction of sp³-hybridized carbons (Fsp3) is 0.357. The van der Waals surface area contributed by atoms with Gasteiger partial charge in [-0.05, 0) is 48.6 Å². The molecule has 0 spiro atoms. The van der Waals surface area contributed by atoms with Crippen LogP contribution in [0.2, 0.25) is 0 Å². The van der Waals surface area contributed by atoms with Crippen LogP contribution < -0.4 is 0 Å². The van der Waals surface area contributed by atoms with Crippen LogP contribution in [0.25, 0.3) is 10.8 Å². The number of piperidine rings is 1. The highest BCUT2D eigenvalue weighted by atomic mass is 16.2. The van der Waals surface area contributed by atoms with Gasteiger partial charge >= 0.3 is 0 Å². The molecule has 166 valence electrons. The minimum absolute atomic E-state index is 0.0238. The predicted molar refractivity (Wildman–Crippen MR) is 129 cm³/mol. The van der Waals surface area contributed by atoms with Crippen LogP contribution in [0.5, 0.6) is 0 Å². The third-order valence-electron chi connectivity index (χ3n) is 6.75. The lowest BCUT2D eigenvalue weighted by Crippen LogP contribution is -2.46. The number of fused-ring (bicyclic) bond motifs is 1. The zero-order valence-corrected chi connectivity index (χ0v) is 19.0. The molecule has 1 heterocycles. The normalized spacial score (nSPS) is 15.5. The number of rotatable bonds is 6. The first-order valence-electron chi connectivity index (χ1n) is 11.7. The zero-order chi connectivity index (χ0) is 22.5. The van der Waals surface area contributed by atoms with E-state index in [0.29, 0.717) is 19.6 Å². The average Bonchev–Trinajstić information content (AvgIpc) is 2.86. The minimum Gasteiger partial charge on any atom is -0.339 e. The smallest absolute Gasteiger partial charge is 0.254 e. The molecular weight excluding hydrogens is 396 g/mol. The van der Waals surface area contributed by atoms with E-state index in [0.717, 1.165) is 41.2 Å². The van der Waals surface area contributed by atoms with Crippen molar-refractivity contribution in [2.24, 2.45) is 5.92 Å². The van der Waals surface area contributed by atoms with Crippen molar-refractivity contribution in [2.45, 2.75) is 45.7 Å². The molecule has 1 aliphatic heterocycles. The molecule has 0 N–H and O–H groups in total. The Hall–Kier alpha value is -3.14. The molecule has 1 atom stereocenters. The highest BCUT2D eigenvalue weighted by Gasteiger charge is 2.32. The van der Waals surface area contributed by atoms with Gasteiger partial charge in [0.2, 0.25) is 5.91 Å². The summed E-state index contributed by atoms with van der Waals surface area (Å²) in [6.45, 7) is 6.14. The highest BCUT2D eigenvalue weighted by molar-refractivity contribution is 6.07. The van der Waals surface area contributed by atoms with Gasteiger partial charge in [0.15, 0.2) is 0 Å². The molecule has 4 heteroatoms. The van der Waals surface area contributed by atoms with Crippen LogP contribution in [0, 0.1) is 5.92 Å². The van der Waals surface area contributed by atoms with Gasteiger partial charge in [0.05, 0.1) is 0 Å². The Morgan fingerprint density at radius 1 is 0.938 bits per heavy atom. The Balaban J connectivity index is 1.43. The van der Waals surface area contributed by atoms with Gasteiger partial charge in [-0.25, -0.2) is 0 Å². The van der Waals surface area contributed by atoms with E-state index in [4.69, 9.17) is 0 Å². The third-order valence-corrected chi connectivity index (χ3v) is 6.75. The molecule has 4 rings (SSSR count). The number of carbonyl (C=O) groups excluding carboxylic acids is 2. The molecule has 0 saturated carbocycles. The van der Waals surface area contributed by atoms with Gasteiger partial charge in [0, 0.05) is 37.2 Å². The van der Waals surface area contributed by atoms with Gasteiger partial charge in [-0.2, -0.15) is 0 Å². The Morgan fingerprint density at radius 2 is 1.59 bits per heavy atom. The summed E-state index contributed by atoms with van der Waals surface area (Å²) in [5, 5.41) is 2.07. The number of carbonyl (C=O) groups is 2. The maximum atomic E-state index is 13.4. The highest BCUT2D eigenvalue weighted by Crippen LogP contribution is 2.26. The van der Waals surface area contributed by atoms with Gasteiger partial charge in [-0.1, -0.05) is 73.7 Å². The van der Waals surface area contributed by atoms with Crippen molar-refractivity contribution in [1.82, 2.24) is 9.80 Å². The van der Waals surface area contributed by atoms with Crippen LogP contribution in [0.4, 0.5) is 0 Å². The second kappa shape index (κ2) is 9.99. The SMILES string of the molecule is CCC(C)N(Cc1ccccc1)C(=O)C1CCN(C(=O)c2cccc3ccccc23)CC1. The number of benzene rings is 3. The van der Waals surface area contributed by atoms with Crippen molar-refractivity contribution < 1.29 is 9.59 Å². The Morgan fingerprint density at radius 3 is 2.31 bits per heavy atom. The van der Waals surface area contributed by atoms with Crippen LogP contribution in [0.15, 0.2) is 72.8 Å². The van der Waals surface area contributed by atoms with E-state index in [9.17, 15) is 9.59 Å². The van der Waals surface area contributed by atoms with Crippen molar-refractivity contribution in [3.63, 3.8) is 0 Å². The second-order valence-electron chi connectivity index (χ2n) is 8.80. The summed E-state index contributed by atoms with van der Waals surface area (Å²) < 4.78 is 0. The summed E-state index contributed by atoms with van der Waals surface area (Å²) in [6.07, 6.45) is 2.37. The van der Waals surface area contributed by atoms with E-state index in [-0.39, 0.29) is 23.8 Å².